The van der Waals surface area contributed by atoms with Crippen LogP contribution in [0, 0.1) is 30.1 Å². The number of pyridine rings is 1. The highest BCUT2D eigenvalue weighted by atomic mass is 16.5. The van der Waals surface area contributed by atoms with Gasteiger partial charge in [0.05, 0.1) is 24.1 Å². The Morgan fingerprint density at radius 2 is 2.04 bits per heavy atom. The topological polar surface area (TPSA) is 63.4 Å². The Hall–Kier alpha value is -1.33. The average Bonchev–Trinajstić information content (AvgIpc) is 2.65. The molecule has 6 rings (SSSR count). The fraction of sp³-hybridized carbons (Fsp3) is 0.773. The first-order chi connectivity index (χ1) is 13.0. The van der Waals surface area contributed by atoms with E-state index in [-0.39, 0.29) is 6.10 Å². The third-order valence-corrected chi connectivity index (χ3v) is 7.79. The predicted octanol–water partition coefficient (Wildman–Crippen LogP) is 3.18. The summed E-state index contributed by atoms with van der Waals surface area (Å²) in [5.74, 6) is 3.59. The minimum Gasteiger partial charge on any atom is -0.380 e. The van der Waals surface area contributed by atoms with Gasteiger partial charge in [-0.05, 0) is 87.8 Å². The Morgan fingerprint density at radius 3 is 2.70 bits per heavy atom. The van der Waals surface area contributed by atoms with Crippen molar-refractivity contribution >= 4 is 11.5 Å². The Balaban J connectivity index is 1.32. The molecule has 4 saturated carbocycles. The Labute approximate surface area is 163 Å². The van der Waals surface area contributed by atoms with Crippen LogP contribution in [0.1, 0.15) is 44.7 Å². The van der Waals surface area contributed by atoms with Gasteiger partial charge in [-0.25, -0.2) is 4.98 Å². The van der Waals surface area contributed by atoms with E-state index in [0.717, 1.165) is 55.5 Å². The van der Waals surface area contributed by atoms with Crippen molar-refractivity contribution in [2.45, 2.75) is 58.1 Å². The molecule has 4 bridgehead atoms. The van der Waals surface area contributed by atoms with Gasteiger partial charge in [-0.15, -0.1) is 0 Å². The second kappa shape index (κ2) is 6.63. The third kappa shape index (κ3) is 3.13. The number of morpholine rings is 1. The van der Waals surface area contributed by atoms with Crippen LogP contribution in [-0.4, -0.2) is 43.4 Å². The molecule has 1 saturated heterocycles. The molecular weight excluding hydrogens is 336 g/mol. The highest BCUT2D eigenvalue weighted by Gasteiger charge is 2.54. The first-order valence-electron chi connectivity index (χ1n) is 10.9. The molecule has 0 amide bonds. The standard InChI is InChI=1S/C22H34N4O/c1-14-12-26(5-6-27-14)20-4-3-19(15(2)24-20)25-21-17-7-16-8-18(21)11-22(9-16,10-17)13-23/h3-4,14,16-18,21,25H,5-13,23H2,1-2H3. The summed E-state index contributed by atoms with van der Waals surface area (Å²) in [6, 6.07) is 5.04. The van der Waals surface area contributed by atoms with Gasteiger partial charge in [-0.1, -0.05) is 0 Å². The van der Waals surface area contributed by atoms with Gasteiger partial charge in [0, 0.05) is 19.1 Å². The van der Waals surface area contributed by atoms with Gasteiger partial charge in [0.1, 0.15) is 5.82 Å². The number of hydrogen-bond acceptors (Lipinski definition) is 5. The van der Waals surface area contributed by atoms with Gasteiger partial charge in [0.15, 0.2) is 0 Å². The molecule has 1 aromatic rings. The van der Waals surface area contributed by atoms with Crippen molar-refractivity contribution in [1.82, 2.24) is 4.98 Å². The number of anilines is 2. The fourth-order valence-electron chi connectivity index (χ4n) is 6.76. The number of rotatable bonds is 4. The van der Waals surface area contributed by atoms with Gasteiger partial charge in [-0.3, -0.25) is 0 Å². The molecule has 3 atom stereocenters. The van der Waals surface area contributed by atoms with Crippen molar-refractivity contribution in [1.29, 1.82) is 0 Å². The molecule has 4 aliphatic carbocycles. The van der Waals surface area contributed by atoms with Crippen molar-refractivity contribution in [2.24, 2.45) is 28.9 Å². The van der Waals surface area contributed by atoms with Gasteiger partial charge in [0.25, 0.3) is 0 Å². The highest BCUT2D eigenvalue weighted by molar-refractivity contribution is 5.54. The van der Waals surface area contributed by atoms with Crippen molar-refractivity contribution in [3.05, 3.63) is 17.8 Å². The molecule has 1 aromatic heterocycles. The Kier molecular flexibility index (Phi) is 4.36. The quantitative estimate of drug-likeness (QED) is 0.852. The second-order valence-corrected chi connectivity index (χ2v) is 9.77. The summed E-state index contributed by atoms with van der Waals surface area (Å²) in [5.41, 5.74) is 9.00. The van der Waals surface area contributed by atoms with Gasteiger partial charge < -0.3 is 20.7 Å². The first kappa shape index (κ1) is 17.7. The zero-order chi connectivity index (χ0) is 18.6. The molecule has 0 spiro atoms. The van der Waals surface area contributed by atoms with Crippen LogP contribution in [0.3, 0.4) is 0 Å². The van der Waals surface area contributed by atoms with E-state index in [0.29, 0.717) is 11.5 Å². The Morgan fingerprint density at radius 1 is 1.26 bits per heavy atom. The summed E-state index contributed by atoms with van der Waals surface area (Å²) < 4.78 is 5.67. The summed E-state index contributed by atoms with van der Waals surface area (Å²) in [7, 11) is 0. The van der Waals surface area contributed by atoms with E-state index in [1.165, 1.54) is 37.8 Å². The molecule has 5 heteroatoms. The molecular formula is C22H34N4O. The molecule has 5 aliphatic rings. The van der Waals surface area contributed by atoms with Crippen molar-refractivity contribution in [2.75, 3.05) is 36.5 Å². The minimum atomic E-state index is 0.279. The Bertz CT molecular complexity index is 692. The zero-order valence-electron chi connectivity index (χ0n) is 16.8. The smallest absolute Gasteiger partial charge is 0.129 e. The molecule has 5 nitrogen and oxygen atoms in total. The van der Waals surface area contributed by atoms with E-state index in [1.807, 2.05) is 0 Å². The molecule has 5 fully saturated rings. The van der Waals surface area contributed by atoms with Gasteiger partial charge >= 0.3 is 0 Å². The van der Waals surface area contributed by atoms with Crippen LogP contribution in [0.25, 0.3) is 0 Å². The summed E-state index contributed by atoms with van der Waals surface area (Å²) >= 11 is 0. The van der Waals surface area contributed by atoms with E-state index in [9.17, 15) is 0 Å². The lowest BCUT2D eigenvalue weighted by molar-refractivity contribution is -0.0558. The van der Waals surface area contributed by atoms with Crippen LogP contribution in [0.2, 0.25) is 0 Å². The molecule has 148 valence electrons. The number of aromatic nitrogens is 1. The van der Waals surface area contributed by atoms with E-state index in [4.69, 9.17) is 15.5 Å². The summed E-state index contributed by atoms with van der Waals surface area (Å²) in [5, 5.41) is 3.93. The number of ether oxygens (including phenoxy) is 1. The zero-order valence-corrected chi connectivity index (χ0v) is 16.8. The predicted molar refractivity (Wildman–Crippen MR) is 109 cm³/mol. The number of aryl methyl sites for hydroxylation is 1. The van der Waals surface area contributed by atoms with Crippen molar-refractivity contribution in [3.8, 4) is 0 Å². The van der Waals surface area contributed by atoms with E-state index >= 15 is 0 Å². The van der Waals surface area contributed by atoms with Crippen LogP contribution in [0.4, 0.5) is 11.5 Å². The molecule has 1 aliphatic heterocycles. The molecule has 3 N–H and O–H groups in total. The highest BCUT2D eigenvalue weighted by Crippen LogP contribution is 2.60. The van der Waals surface area contributed by atoms with E-state index in [1.54, 1.807) is 0 Å². The maximum Gasteiger partial charge on any atom is 0.129 e. The second-order valence-electron chi connectivity index (χ2n) is 9.77. The number of nitrogens with zero attached hydrogens (tertiary/aromatic N) is 2. The lowest BCUT2D eigenvalue weighted by Crippen LogP contribution is -2.58. The third-order valence-electron chi connectivity index (χ3n) is 7.79. The van der Waals surface area contributed by atoms with Gasteiger partial charge in [-0.2, -0.15) is 0 Å². The lowest BCUT2D eigenvalue weighted by Gasteiger charge is -2.60. The van der Waals surface area contributed by atoms with Crippen LogP contribution in [0.15, 0.2) is 12.1 Å². The average molecular weight is 371 g/mol. The van der Waals surface area contributed by atoms with E-state index in [2.05, 4.69) is 36.2 Å². The SMILES string of the molecule is Cc1nc(N2CCOC(C)C2)ccc1NC1C2CC3CC1CC(CN)(C3)C2. The maximum absolute atomic E-state index is 6.20. The molecule has 3 unspecified atom stereocenters. The fourth-order valence-corrected chi connectivity index (χ4v) is 6.76. The monoisotopic (exact) mass is 370 g/mol. The normalized spacial score (nSPS) is 40.4. The van der Waals surface area contributed by atoms with Crippen molar-refractivity contribution in [3.63, 3.8) is 0 Å². The van der Waals surface area contributed by atoms with Crippen LogP contribution in [0.5, 0.6) is 0 Å². The number of hydrogen-bond donors (Lipinski definition) is 2. The molecule has 27 heavy (non-hydrogen) atoms. The first-order valence-corrected chi connectivity index (χ1v) is 10.9. The lowest BCUT2D eigenvalue weighted by atomic mass is 9.48. The molecule has 2 heterocycles. The summed E-state index contributed by atoms with van der Waals surface area (Å²) in [6.45, 7) is 7.81. The summed E-state index contributed by atoms with van der Waals surface area (Å²) in [6.07, 6.45) is 7.10. The van der Waals surface area contributed by atoms with Gasteiger partial charge in [0.2, 0.25) is 0 Å². The van der Waals surface area contributed by atoms with Crippen LogP contribution >= 0.6 is 0 Å². The summed E-state index contributed by atoms with van der Waals surface area (Å²) in [4.78, 5) is 7.28. The van der Waals surface area contributed by atoms with Crippen LogP contribution < -0.4 is 16.0 Å². The number of nitrogens with two attached hydrogens (primary N) is 1. The van der Waals surface area contributed by atoms with Crippen LogP contribution in [-0.2, 0) is 4.74 Å². The number of nitrogens with one attached hydrogen (secondary N) is 1. The molecule has 0 aromatic carbocycles. The maximum atomic E-state index is 6.20. The van der Waals surface area contributed by atoms with Crippen molar-refractivity contribution < 1.29 is 4.74 Å². The largest absolute Gasteiger partial charge is 0.380 e. The van der Waals surface area contributed by atoms with E-state index < -0.39 is 0 Å². The minimum absolute atomic E-state index is 0.279. The molecule has 0 radical (unpaired) electrons.